The molecular formula is C18H17F2NO4S. The highest BCUT2D eigenvalue weighted by atomic mass is 32.2. The van der Waals surface area contributed by atoms with Gasteiger partial charge in [0.1, 0.15) is 11.3 Å². The Bertz CT molecular complexity index is 799. The summed E-state index contributed by atoms with van der Waals surface area (Å²) in [5, 5.41) is 2.66. The summed E-state index contributed by atoms with van der Waals surface area (Å²) < 4.78 is 35.0. The van der Waals surface area contributed by atoms with Gasteiger partial charge in [-0.2, -0.15) is 8.78 Å². The third-order valence-electron chi connectivity index (χ3n) is 3.47. The van der Waals surface area contributed by atoms with Crippen molar-refractivity contribution in [2.24, 2.45) is 0 Å². The van der Waals surface area contributed by atoms with Crippen LogP contribution in [0.5, 0.6) is 5.75 Å². The maximum absolute atomic E-state index is 12.6. The van der Waals surface area contributed by atoms with Crippen molar-refractivity contribution in [1.82, 2.24) is 5.32 Å². The number of rotatable bonds is 7. The summed E-state index contributed by atoms with van der Waals surface area (Å²) in [6.45, 7) is 0.112. The molecule has 1 N–H and O–H groups in total. The minimum Gasteiger partial charge on any atom is -0.496 e. The van der Waals surface area contributed by atoms with Gasteiger partial charge in [-0.15, -0.1) is 0 Å². The largest absolute Gasteiger partial charge is 0.496 e. The second-order valence-corrected chi connectivity index (χ2v) is 6.12. The van der Waals surface area contributed by atoms with Crippen LogP contribution < -0.4 is 10.1 Å². The molecule has 2 rings (SSSR count). The molecule has 1 amide bonds. The molecule has 0 heterocycles. The fourth-order valence-electron chi connectivity index (χ4n) is 2.27. The van der Waals surface area contributed by atoms with E-state index >= 15 is 0 Å². The Morgan fingerprint density at radius 2 is 1.85 bits per heavy atom. The van der Waals surface area contributed by atoms with Gasteiger partial charge in [0.25, 0.3) is 11.7 Å². The molecule has 0 bridgehead atoms. The lowest BCUT2D eigenvalue weighted by Gasteiger charge is -2.11. The predicted molar refractivity (Wildman–Crippen MR) is 93.8 cm³/mol. The van der Waals surface area contributed by atoms with Crippen molar-refractivity contribution in [3.05, 3.63) is 59.2 Å². The van der Waals surface area contributed by atoms with E-state index in [4.69, 9.17) is 9.47 Å². The van der Waals surface area contributed by atoms with Crippen molar-refractivity contribution >= 4 is 23.6 Å². The number of carbonyl (C=O) groups excluding carboxylic acids is 2. The lowest BCUT2D eigenvalue weighted by molar-refractivity contribution is 0.0597. The zero-order chi connectivity index (χ0) is 19.1. The van der Waals surface area contributed by atoms with Crippen LogP contribution in [0.1, 0.15) is 26.3 Å². The molecule has 0 unspecified atom stereocenters. The predicted octanol–water partition coefficient (Wildman–Crippen LogP) is 3.73. The molecule has 0 aliphatic heterocycles. The van der Waals surface area contributed by atoms with Crippen LogP contribution in [0.4, 0.5) is 8.78 Å². The van der Waals surface area contributed by atoms with Crippen molar-refractivity contribution in [3.8, 4) is 5.75 Å². The van der Waals surface area contributed by atoms with E-state index in [1.54, 1.807) is 30.3 Å². The summed E-state index contributed by atoms with van der Waals surface area (Å²) in [5.74, 6) is -3.31. The highest BCUT2D eigenvalue weighted by Crippen LogP contribution is 2.28. The lowest BCUT2D eigenvalue weighted by Crippen LogP contribution is -2.23. The van der Waals surface area contributed by atoms with Gasteiger partial charge in [-0.1, -0.05) is 30.0 Å². The van der Waals surface area contributed by atoms with Crippen LogP contribution in [0.25, 0.3) is 0 Å². The minimum absolute atomic E-state index is 0.112. The van der Waals surface area contributed by atoms with Crippen LogP contribution in [0, 0.1) is 0 Å². The first-order valence-corrected chi connectivity index (χ1v) is 8.41. The number of alkyl halides is 2. The van der Waals surface area contributed by atoms with Gasteiger partial charge < -0.3 is 14.8 Å². The highest BCUT2D eigenvalue weighted by molar-refractivity contribution is 7.99. The van der Waals surface area contributed by atoms with E-state index in [1.165, 1.54) is 26.4 Å². The van der Waals surface area contributed by atoms with Gasteiger partial charge in [-0.25, -0.2) is 4.79 Å². The Hall–Kier alpha value is -2.61. The molecule has 0 atom stereocenters. The summed E-state index contributed by atoms with van der Waals surface area (Å²) in [6.07, 6.45) is 0. The number of hydrogen-bond donors (Lipinski definition) is 1. The number of halogens is 2. The monoisotopic (exact) mass is 381 g/mol. The van der Waals surface area contributed by atoms with Crippen LogP contribution in [-0.2, 0) is 11.3 Å². The zero-order valence-corrected chi connectivity index (χ0v) is 14.9. The molecule has 138 valence electrons. The molecule has 0 aliphatic rings. The molecule has 0 radical (unpaired) electrons. The Morgan fingerprint density at radius 1 is 1.12 bits per heavy atom. The summed E-state index contributed by atoms with van der Waals surface area (Å²) >= 11 is 0.317. The van der Waals surface area contributed by atoms with Gasteiger partial charge in [-0.05, 0) is 29.8 Å². The normalized spacial score (nSPS) is 10.5. The van der Waals surface area contributed by atoms with Crippen LogP contribution in [-0.4, -0.2) is 31.9 Å². The van der Waals surface area contributed by atoms with Gasteiger partial charge in [0, 0.05) is 11.4 Å². The van der Waals surface area contributed by atoms with Gasteiger partial charge in [-0.3, -0.25) is 4.79 Å². The van der Waals surface area contributed by atoms with Crippen molar-refractivity contribution in [2.75, 3.05) is 14.2 Å². The van der Waals surface area contributed by atoms with E-state index in [9.17, 15) is 18.4 Å². The number of carbonyl (C=O) groups is 2. The van der Waals surface area contributed by atoms with Crippen molar-refractivity contribution < 1.29 is 27.8 Å². The van der Waals surface area contributed by atoms with E-state index in [-0.39, 0.29) is 22.6 Å². The summed E-state index contributed by atoms with van der Waals surface area (Å²) in [6, 6.07) is 11.0. The first kappa shape index (κ1) is 19.7. The smallest absolute Gasteiger partial charge is 0.341 e. The number of benzene rings is 2. The molecule has 0 saturated heterocycles. The summed E-state index contributed by atoms with van der Waals surface area (Å²) in [5.41, 5.74) is 1.04. The van der Waals surface area contributed by atoms with E-state index in [1.807, 2.05) is 0 Å². The van der Waals surface area contributed by atoms with Crippen molar-refractivity contribution in [3.63, 3.8) is 0 Å². The average Bonchev–Trinajstić information content (AvgIpc) is 2.65. The Labute approximate surface area is 153 Å². The Balaban J connectivity index is 2.14. The molecule has 0 fully saturated rings. The number of methoxy groups -OCH3 is 2. The molecule has 0 aromatic heterocycles. The van der Waals surface area contributed by atoms with Gasteiger partial charge in [0.05, 0.1) is 19.8 Å². The lowest BCUT2D eigenvalue weighted by atomic mass is 10.1. The van der Waals surface area contributed by atoms with E-state index in [0.717, 1.165) is 0 Å². The molecule has 0 spiro atoms. The van der Waals surface area contributed by atoms with Crippen LogP contribution in [0.3, 0.4) is 0 Å². The highest BCUT2D eigenvalue weighted by Gasteiger charge is 2.16. The summed E-state index contributed by atoms with van der Waals surface area (Å²) in [7, 11) is 2.69. The SMILES string of the molecule is COC(=O)c1cc(CNC(=O)c2ccccc2SC(F)F)ccc1OC. The van der Waals surface area contributed by atoms with Crippen LogP contribution in [0.15, 0.2) is 47.4 Å². The van der Waals surface area contributed by atoms with Gasteiger partial charge in [0.2, 0.25) is 0 Å². The van der Waals surface area contributed by atoms with Gasteiger partial charge in [0.15, 0.2) is 0 Å². The molecule has 2 aromatic rings. The number of thioether (sulfide) groups is 1. The van der Waals surface area contributed by atoms with Crippen molar-refractivity contribution in [1.29, 1.82) is 0 Å². The van der Waals surface area contributed by atoms with Crippen molar-refractivity contribution in [2.45, 2.75) is 17.2 Å². The maximum Gasteiger partial charge on any atom is 0.341 e. The Morgan fingerprint density at radius 3 is 2.50 bits per heavy atom. The van der Waals surface area contributed by atoms with Crippen LogP contribution >= 0.6 is 11.8 Å². The third-order valence-corrected chi connectivity index (χ3v) is 4.26. The van der Waals surface area contributed by atoms with E-state index < -0.39 is 17.6 Å². The molecular weight excluding hydrogens is 364 g/mol. The summed E-state index contributed by atoms with van der Waals surface area (Å²) in [4.78, 5) is 24.3. The standard InChI is InChI=1S/C18H17F2NO4S/c1-24-14-8-7-11(9-13(14)17(23)25-2)10-21-16(22)12-5-3-4-6-15(12)26-18(19)20/h3-9,18H,10H2,1-2H3,(H,21,22). The van der Waals surface area contributed by atoms with Gasteiger partial charge >= 0.3 is 5.97 Å². The number of ether oxygens (including phenoxy) is 2. The van der Waals surface area contributed by atoms with E-state index in [2.05, 4.69) is 5.32 Å². The zero-order valence-electron chi connectivity index (χ0n) is 14.1. The molecule has 8 heteroatoms. The van der Waals surface area contributed by atoms with Crippen LogP contribution in [0.2, 0.25) is 0 Å². The Kier molecular flexibility index (Phi) is 6.97. The molecule has 2 aromatic carbocycles. The molecule has 0 saturated carbocycles. The fourth-order valence-corrected chi connectivity index (χ4v) is 2.90. The van der Waals surface area contributed by atoms with E-state index in [0.29, 0.717) is 23.1 Å². The second kappa shape index (κ2) is 9.19. The first-order valence-electron chi connectivity index (χ1n) is 7.53. The number of amides is 1. The molecule has 26 heavy (non-hydrogen) atoms. The minimum atomic E-state index is -2.62. The maximum atomic E-state index is 12.6. The average molecular weight is 381 g/mol. The molecule has 0 aliphatic carbocycles. The topological polar surface area (TPSA) is 64.6 Å². The molecule has 5 nitrogen and oxygen atoms in total. The number of esters is 1. The first-order chi connectivity index (χ1) is 12.5. The number of nitrogens with one attached hydrogen (secondary N) is 1. The quantitative estimate of drug-likeness (QED) is 0.585. The number of hydrogen-bond acceptors (Lipinski definition) is 5. The third kappa shape index (κ3) is 4.95. The second-order valence-electron chi connectivity index (χ2n) is 5.08. The fraction of sp³-hybridized carbons (Fsp3) is 0.222.